The zero-order chi connectivity index (χ0) is 16.5. The molecule has 0 radical (unpaired) electrons. The fraction of sp³-hybridized carbons (Fsp3) is 0.263. The van der Waals surface area contributed by atoms with Crippen LogP contribution in [0.25, 0.3) is 10.2 Å². The normalized spacial score (nSPS) is 14.6. The first-order chi connectivity index (χ1) is 11.7. The minimum atomic E-state index is -0.231. The van der Waals surface area contributed by atoms with Gasteiger partial charge in [-0.25, -0.2) is 9.78 Å². The summed E-state index contributed by atoms with van der Waals surface area (Å²) in [6, 6.07) is 14.2. The van der Waals surface area contributed by atoms with E-state index < -0.39 is 0 Å². The van der Waals surface area contributed by atoms with Crippen molar-refractivity contribution in [1.82, 2.24) is 9.88 Å². The van der Waals surface area contributed by atoms with Crippen LogP contribution >= 0.6 is 11.3 Å². The van der Waals surface area contributed by atoms with E-state index in [0.717, 1.165) is 24.2 Å². The van der Waals surface area contributed by atoms with Crippen LogP contribution in [0.5, 0.6) is 0 Å². The molecule has 2 aromatic carbocycles. The van der Waals surface area contributed by atoms with Crippen molar-refractivity contribution in [3.63, 3.8) is 0 Å². The van der Waals surface area contributed by atoms with Crippen molar-refractivity contribution in [2.24, 2.45) is 0 Å². The van der Waals surface area contributed by atoms with Gasteiger partial charge in [-0.05, 0) is 29.7 Å². The zero-order valence-electron chi connectivity index (χ0n) is 13.4. The Labute approximate surface area is 144 Å². The van der Waals surface area contributed by atoms with Gasteiger partial charge in [-0.15, -0.1) is 11.3 Å². The number of aryl methyl sites for hydroxylation is 1. The maximum atomic E-state index is 12.1. The van der Waals surface area contributed by atoms with E-state index in [9.17, 15) is 4.79 Å². The Hall–Kier alpha value is -2.40. The fourth-order valence-corrected chi connectivity index (χ4v) is 3.85. The van der Waals surface area contributed by atoms with E-state index >= 15 is 0 Å². The van der Waals surface area contributed by atoms with Crippen molar-refractivity contribution < 1.29 is 9.53 Å². The highest BCUT2D eigenvalue weighted by Crippen LogP contribution is 2.32. The molecule has 0 saturated carbocycles. The van der Waals surface area contributed by atoms with Crippen LogP contribution < -0.4 is 0 Å². The van der Waals surface area contributed by atoms with Crippen molar-refractivity contribution in [3.05, 3.63) is 64.7 Å². The van der Waals surface area contributed by atoms with Gasteiger partial charge in [0.15, 0.2) is 0 Å². The molecule has 1 aliphatic rings. The monoisotopic (exact) mass is 338 g/mol. The molecule has 4 nitrogen and oxygen atoms in total. The molecule has 0 unspecified atom stereocenters. The number of carbonyl (C=O) groups excluding carboxylic acids is 1. The topological polar surface area (TPSA) is 42.4 Å². The van der Waals surface area contributed by atoms with Crippen LogP contribution in [0.4, 0.5) is 4.79 Å². The molecule has 1 aliphatic heterocycles. The molecule has 0 N–H and O–H groups in total. The number of carbonyl (C=O) groups is 1. The van der Waals surface area contributed by atoms with Crippen LogP contribution in [0.15, 0.2) is 48.0 Å². The maximum Gasteiger partial charge on any atom is 0.410 e. The quantitative estimate of drug-likeness (QED) is 0.713. The first kappa shape index (κ1) is 15.1. The number of ether oxygens (including phenoxy) is 1. The molecule has 122 valence electrons. The minimum Gasteiger partial charge on any atom is -0.445 e. The molecule has 0 bridgehead atoms. The summed E-state index contributed by atoms with van der Waals surface area (Å²) in [5, 5.41) is 0. The Morgan fingerprint density at radius 1 is 1.29 bits per heavy atom. The van der Waals surface area contributed by atoms with Crippen LogP contribution in [-0.2, 0) is 11.3 Å². The average molecular weight is 338 g/mol. The number of hydrogen-bond acceptors (Lipinski definition) is 4. The predicted molar refractivity (Wildman–Crippen MR) is 95.3 cm³/mol. The third-order valence-electron chi connectivity index (χ3n) is 4.47. The number of fused-ring (bicyclic) bond motifs is 1. The van der Waals surface area contributed by atoms with E-state index in [1.807, 2.05) is 35.8 Å². The number of aromatic nitrogens is 1. The lowest BCUT2D eigenvalue weighted by Crippen LogP contribution is -2.48. The lowest BCUT2D eigenvalue weighted by Gasteiger charge is -2.38. The summed E-state index contributed by atoms with van der Waals surface area (Å²) in [6.07, 6.45) is -0.231. The molecule has 24 heavy (non-hydrogen) atoms. The van der Waals surface area contributed by atoms with E-state index in [-0.39, 0.29) is 6.09 Å². The standard InChI is InChI=1S/C19H18N2O2S/c1-13-7-15(8-17-18(13)20-12-24-17)16-9-21(10-16)19(22)23-11-14-5-3-2-4-6-14/h2-8,12,16H,9-11H2,1H3. The van der Waals surface area contributed by atoms with Gasteiger partial charge in [0, 0.05) is 19.0 Å². The number of nitrogens with zero attached hydrogens (tertiary/aromatic N) is 2. The second kappa shape index (κ2) is 6.24. The predicted octanol–water partition coefficient (Wildman–Crippen LogP) is 4.34. The van der Waals surface area contributed by atoms with Crippen LogP contribution in [0.2, 0.25) is 0 Å². The number of amides is 1. The van der Waals surface area contributed by atoms with E-state index in [2.05, 4.69) is 24.0 Å². The number of likely N-dealkylation sites (tertiary alicyclic amines) is 1. The highest BCUT2D eigenvalue weighted by atomic mass is 32.1. The summed E-state index contributed by atoms with van der Waals surface area (Å²) in [5.41, 5.74) is 6.47. The molecule has 0 spiro atoms. The molecule has 1 amide bonds. The Morgan fingerprint density at radius 3 is 2.88 bits per heavy atom. The molecule has 4 rings (SSSR count). The van der Waals surface area contributed by atoms with Crippen LogP contribution in [0.3, 0.4) is 0 Å². The second-order valence-electron chi connectivity index (χ2n) is 6.18. The van der Waals surface area contributed by atoms with Gasteiger partial charge in [-0.3, -0.25) is 0 Å². The van der Waals surface area contributed by atoms with Crippen molar-refractivity contribution >= 4 is 27.6 Å². The second-order valence-corrected chi connectivity index (χ2v) is 7.07. The third kappa shape index (κ3) is 2.87. The van der Waals surface area contributed by atoms with Gasteiger partial charge in [-0.2, -0.15) is 0 Å². The van der Waals surface area contributed by atoms with E-state index in [1.165, 1.54) is 15.8 Å². The van der Waals surface area contributed by atoms with Gasteiger partial charge >= 0.3 is 6.09 Å². The van der Waals surface area contributed by atoms with E-state index in [1.54, 1.807) is 16.2 Å². The van der Waals surface area contributed by atoms with Crippen molar-refractivity contribution in [2.75, 3.05) is 13.1 Å². The van der Waals surface area contributed by atoms with Crippen LogP contribution in [-0.4, -0.2) is 29.1 Å². The first-order valence-corrected chi connectivity index (χ1v) is 8.88. The van der Waals surface area contributed by atoms with Gasteiger partial charge in [0.05, 0.1) is 15.7 Å². The van der Waals surface area contributed by atoms with Gasteiger partial charge in [0.25, 0.3) is 0 Å². The van der Waals surface area contributed by atoms with Gasteiger partial charge < -0.3 is 9.64 Å². The molecule has 1 aromatic heterocycles. The van der Waals surface area contributed by atoms with Gasteiger partial charge in [-0.1, -0.05) is 36.4 Å². The SMILES string of the molecule is Cc1cc(C2CN(C(=O)OCc3ccccc3)C2)cc2scnc12. The first-order valence-electron chi connectivity index (χ1n) is 8.00. The van der Waals surface area contributed by atoms with Crippen molar-refractivity contribution in [2.45, 2.75) is 19.4 Å². The number of hydrogen-bond donors (Lipinski definition) is 0. The summed E-state index contributed by atoms with van der Waals surface area (Å²) in [4.78, 5) is 18.3. The molecular weight excluding hydrogens is 320 g/mol. The molecule has 0 aliphatic carbocycles. The fourth-order valence-electron chi connectivity index (χ4n) is 3.05. The molecule has 3 aromatic rings. The molecule has 1 saturated heterocycles. The average Bonchev–Trinajstić information content (AvgIpc) is 3.02. The summed E-state index contributed by atoms with van der Waals surface area (Å²) in [6.45, 7) is 3.86. The highest BCUT2D eigenvalue weighted by molar-refractivity contribution is 7.16. The number of benzene rings is 2. The molecule has 1 fully saturated rings. The summed E-state index contributed by atoms with van der Waals surface area (Å²) >= 11 is 1.66. The Kier molecular flexibility index (Phi) is 3.94. The van der Waals surface area contributed by atoms with E-state index in [0.29, 0.717) is 12.5 Å². The lowest BCUT2D eigenvalue weighted by atomic mass is 9.91. The largest absolute Gasteiger partial charge is 0.445 e. The van der Waals surface area contributed by atoms with Gasteiger partial charge in [0.1, 0.15) is 6.61 Å². The van der Waals surface area contributed by atoms with Gasteiger partial charge in [0.2, 0.25) is 0 Å². The lowest BCUT2D eigenvalue weighted by molar-refractivity contribution is 0.0664. The van der Waals surface area contributed by atoms with Crippen LogP contribution in [0.1, 0.15) is 22.6 Å². The summed E-state index contributed by atoms with van der Waals surface area (Å²) in [5.74, 6) is 0.388. The molecule has 5 heteroatoms. The third-order valence-corrected chi connectivity index (χ3v) is 5.24. The van der Waals surface area contributed by atoms with Crippen molar-refractivity contribution in [3.8, 4) is 0 Å². The number of rotatable bonds is 3. The van der Waals surface area contributed by atoms with Crippen LogP contribution in [0, 0.1) is 6.92 Å². The Morgan fingerprint density at radius 2 is 2.08 bits per heavy atom. The zero-order valence-corrected chi connectivity index (χ0v) is 14.3. The molecule has 0 atom stereocenters. The Balaban J connectivity index is 1.36. The highest BCUT2D eigenvalue weighted by Gasteiger charge is 2.33. The maximum absolute atomic E-state index is 12.1. The minimum absolute atomic E-state index is 0.231. The summed E-state index contributed by atoms with van der Waals surface area (Å²) in [7, 11) is 0. The van der Waals surface area contributed by atoms with Crippen molar-refractivity contribution in [1.29, 1.82) is 0 Å². The number of thiazole rings is 1. The summed E-state index contributed by atoms with van der Waals surface area (Å²) < 4.78 is 6.59. The van der Waals surface area contributed by atoms with E-state index in [4.69, 9.17) is 4.74 Å². The Bertz CT molecular complexity index is 869. The molecule has 2 heterocycles. The smallest absolute Gasteiger partial charge is 0.410 e. The molecular formula is C19H18N2O2S.